The SMILES string of the molecule is COCCCCSc1cccc(C#N)c1. The molecule has 0 aromatic heterocycles. The molecule has 0 atom stereocenters. The number of methoxy groups -OCH3 is 1. The zero-order chi connectivity index (χ0) is 10.9. The summed E-state index contributed by atoms with van der Waals surface area (Å²) in [5.74, 6) is 1.08. The zero-order valence-electron chi connectivity index (χ0n) is 8.90. The summed E-state index contributed by atoms with van der Waals surface area (Å²) in [6.07, 6.45) is 2.25. The Morgan fingerprint density at radius 1 is 1.40 bits per heavy atom. The highest BCUT2D eigenvalue weighted by molar-refractivity contribution is 7.99. The molecule has 0 fully saturated rings. The summed E-state index contributed by atoms with van der Waals surface area (Å²) in [7, 11) is 1.73. The molecule has 0 saturated carbocycles. The molecular weight excluding hydrogens is 206 g/mol. The third-order valence-corrected chi connectivity index (χ3v) is 3.05. The Balaban J connectivity index is 2.28. The van der Waals surface area contributed by atoms with Crippen LogP contribution in [0.4, 0.5) is 0 Å². The summed E-state index contributed by atoms with van der Waals surface area (Å²) in [6, 6.07) is 9.87. The minimum Gasteiger partial charge on any atom is -0.385 e. The molecular formula is C12H15NOS. The molecule has 0 spiro atoms. The quantitative estimate of drug-likeness (QED) is 0.546. The topological polar surface area (TPSA) is 33.0 Å². The first-order valence-electron chi connectivity index (χ1n) is 4.98. The lowest BCUT2D eigenvalue weighted by molar-refractivity contribution is 0.194. The van der Waals surface area contributed by atoms with E-state index < -0.39 is 0 Å². The molecule has 0 N–H and O–H groups in total. The normalized spacial score (nSPS) is 9.87. The second kappa shape index (κ2) is 7.33. The number of nitrogens with zero attached hydrogens (tertiary/aromatic N) is 1. The van der Waals surface area contributed by atoms with Gasteiger partial charge in [0.2, 0.25) is 0 Å². The average Bonchev–Trinajstić information content (AvgIpc) is 2.29. The van der Waals surface area contributed by atoms with Gasteiger partial charge in [0.15, 0.2) is 0 Å². The van der Waals surface area contributed by atoms with Crippen molar-refractivity contribution in [1.82, 2.24) is 0 Å². The van der Waals surface area contributed by atoms with Crippen LogP contribution >= 0.6 is 11.8 Å². The van der Waals surface area contributed by atoms with Crippen molar-refractivity contribution in [1.29, 1.82) is 5.26 Å². The lowest BCUT2D eigenvalue weighted by Crippen LogP contribution is -1.89. The van der Waals surface area contributed by atoms with Gasteiger partial charge in [0.05, 0.1) is 11.6 Å². The molecule has 0 unspecified atom stereocenters. The van der Waals surface area contributed by atoms with Crippen LogP contribution in [-0.4, -0.2) is 19.5 Å². The average molecular weight is 221 g/mol. The van der Waals surface area contributed by atoms with Crippen LogP contribution in [0.5, 0.6) is 0 Å². The fourth-order valence-corrected chi connectivity index (χ4v) is 2.16. The van der Waals surface area contributed by atoms with Gasteiger partial charge in [0.25, 0.3) is 0 Å². The van der Waals surface area contributed by atoms with Gasteiger partial charge in [-0.25, -0.2) is 0 Å². The summed E-state index contributed by atoms with van der Waals surface area (Å²) >= 11 is 1.79. The van der Waals surface area contributed by atoms with Gasteiger partial charge in [-0.3, -0.25) is 0 Å². The predicted octanol–water partition coefficient (Wildman–Crippen LogP) is 3.08. The summed E-state index contributed by atoms with van der Waals surface area (Å²) < 4.78 is 4.98. The van der Waals surface area contributed by atoms with Crippen LogP contribution in [0.3, 0.4) is 0 Å². The molecule has 1 aromatic carbocycles. The molecule has 0 aliphatic carbocycles. The van der Waals surface area contributed by atoms with Crippen molar-refractivity contribution in [3.05, 3.63) is 29.8 Å². The fourth-order valence-electron chi connectivity index (χ4n) is 1.19. The monoisotopic (exact) mass is 221 g/mol. The Morgan fingerprint density at radius 2 is 2.27 bits per heavy atom. The second-order valence-electron chi connectivity index (χ2n) is 3.19. The smallest absolute Gasteiger partial charge is 0.0992 e. The maximum atomic E-state index is 8.73. The van der Waals surface area contributed by atoms with Crippen LogP contribution < -0.4 is 0 Å². The molecule has 0 aliphatic rings. The lowest BCUT2D eigenvalue weighted by atomic mass is 10.2. The Morgan fingerprint density at radius 3 is 3.00 bits per heavy atom. The Labute approximate surface area is 95.3 Å². The van der Waals surface area contributed by atoms with Gasteiger partial charge in [-0.05, 0) is 36.8 Å². The van der Waals surface area contributed by atoms with Crippen LogP contribution in [0.15, 0.2) is 29.2 Å². The van der Waals surface area contributed by atoms with Crippen molar-refractivity contribution in [3.8, 4) is 6.07 Å². The van der Waals surface area contributed by atoms with E-state index in [0.29, 0.717) is 0 Å². The summed E-state index contributed by atoms with van der Waals surface area (Å²) in [4.78, 5) is 1.17. The summed E-state index contributed by atoms with van der Waals surface area (Å²) in [5, 5.41) is 8.73. The van der Waals surface area contributed by atoms with Gasteiger partial charge >= 0.3 is 0 Å². The van der Waals surface area contributed by atoms with E-state index in [2.05, 4.69) is 6.07 Å². The van der Waals surface area contributed by atoms with E-state index in [-0.39, 0.29) is 0 Å². The van der Waals surface area contributed by atoms with E-state index in [1.165, 1.54) is 4.90 Å². The number of benzene rings is 1. The van der Waals surface area contributed by atoms with Crippen LogP contribution in [0.2, 0.25) is 0 Å². The molecule has 1 rings (SSSR count). The van der Waals surface area contributed by atoms with Crippen molar-refractivity contribution in [2.75, 3.05) is 19.5 Å². The van der Waals surface area contributed by atoms with Crippen molar-refractivity contribution in [2.24, 2.45) is 0 Å². The maximum absolute atomic E-state index is 8.73. The number of thioether (sulfide) groups is 1. The van der Waals surface area contributed by atoms with Crippen LogP contribution in [-0.2, 0) is 4.74 Å². The van der Waals surface area contributed by atoms with Crippen molar-refractivity contribution in [2.45, 2.75) is 17.7 Å². The minimum absolute atomic E-state index is 0.733. The van der Waals surface area contributed by atoms with E-state index >= 15 is 0 Å². The van der Waals surface area contributed by atoms with Gasteiger partial charge in [0, 0.05) is 18.6 Å². The molecule has 3 heteroatoms. The maximum Gasteiger partial charge on any atom is 0.0992 e. The zero-order valence-corrected chi connectivity index (χ0v) is 9.72. The highest BCUT2D eigenvalue weighted by Gasteiger charge is 1.96. The molecule has 0 radical (unpaired) electrons. The highest BCUT2D eigenvalue weighted by atomic mass is 32.2. The van der Waals surface area contributed by atoms with Gasteiger partial charge in [-0.1, -0.05) is 6.07 Å². The number of rotatable bonds is 6. The number of unbranched alkanes of at least 4 members (excludes halogenated alkanes) is 1. The largest absolute Gasteiger partial charge is 0.385 e. The molecule has 0 amide bonds. The first kappa shape index (κ1) is 12.1. The van der Waals surface area contributed by atoms with E-state index in [4.69, 9.17) is 10.00 Å². The molecule has 2 nitrogen and oxygen atoms in total. The highest BCUT2D eigenvalue weighted by Crippen LogP contribution is 2.20. The van der Waals surface area contributed by atoms with E-state index in [1.807, 2.05) is 24.3 Å². The first-order chi connectivity index (χ1) is 7.36. The van der Waals surface area contributed by atoms with Crippen LogP contribution in [0, 0.1) is 11.3 Å². The number of ether oxygens (including phenoxy) is 1. The molecule has 0 aliphatic heterocycles. The van der Waals surface area contributed by atoms with Crippen molar-refractivity contribution in [3.63, 3.8) is 0 Å². The number of hydrogen-bond donors (Lipinski definition) is 0. The van der Waals surface area contributed by atoms with Gasteiger partial charge in [-0.2, -0.15) is 5.26 Å². The molecule has 80 valence electrons. The van der Waals surface area contributed by atoms with Crippen molar-refractivity contribution >= 4 is 11.8 Å². The number of nitriles is 1. The lowest BCUT2D eigenvalue weighted by Gasteiger charge is -2.01. The standard InChI is InChI=1S/C12H15NOS/c1-14-7-2-3-8-15-12-6-4-5-11(9-12)10-13/h4-6,9H,2-3,7-8H2,1H3. The van der Waals surface area contributed by atoms with Gasteiger partial charge < -0.3 is 4.74 Å². The molecule has 15 heavy (non-hydrogen) atoms. The molecule has 1 aromatic rings. The summed E-state index contributed by atoms with van der Waals surface area (Å²) in [6.45, 7) is 0.832. The van der Waals surface area contributed by atoms with Gasteiger partial charge in [0.1, 0.15) is 0 Å². The molecule has 0 bridgehead atoms. The summed E-state index contributed by atoms with van der Waals surface area (Å²) in [5.41, 5.74) is 0.733. The van der Waals surface area contributed by atoms with Crippen LogP contribution in [0.25, 0.3) is 0 Å². The third kappa shape index (κ3) is 4.87. The first-order valence-corrected chi connectivity index (χ1v) is 5.97. The van der Waals surface area contributed by atoms with E-state index in [1.54, 1.807) is 18.9 Å². The van der Waals surface area contributed by atoms with Crippen molar-refractivity contribution < 1.29 is 4.74 Å². The van der Waals surface area contributed by atoms with E-state index in [0.717, 1.165) is 30.8 Å². The van der Waals surface area contributed by atoms with Gasteiger partial charge in [-0.15, -0.1) is 11.8 Å². The Kier molecular flexibility index (Phi) is 5.91. The fraction of sp³-hybridized carbons (Fsp3) is 0.417. The predicted molar refractivity (Wildman–Crippen MR) is 63.0 cm³/mol. The Bertz CT molecular complexity index is 333. The van der Waals surface area contributed by atoms with Crippen LogP contribution in [0.1, 0.15) is 18.4 Å². The third-order valence-electron chi connectivity index (χ3n) is 1.97. The Hall–Kier alpha value is -0.980. The second-order valence-corrected chi connectivity index (χ2v) is 4.36. The molecule has 0 heterocycles. The number of hydrogen-bond acceptors (Lipinski definition) is 3. The minimum atomic E-state index is 0.733. The van der Waals surface area contributed by atoms with E-state index in [9.17, 15) is 0 Å². The molecule has 0 saturated heterocycles.